The van der Waals surface area contributed by atoms with Crippen LogP contribution in [-0.2, 0) is 0 Å². The van der Waals surface area contributed by atoms with E-state index in [0.29, 0.717) is 10.0 Å². The summed E-state index contributed by atoms with van der Waals surface area (Å²) in [5.74, 6) is -0.580. The zero-order valence-corrected chi connectivity index (χ0v) is 11.2. The van der Waals surface area contributed by atoms with E-state index in [-0.39, 0.29) is 11.0 Å². The lowest BCUT2D eigenvalue weighted by molar-refractivity contribution is 0.102. The lowest BCUT2D eigenvalue weighted by Gasteiger charge is -2.05. The summed E-state index contributed by atoms with van der Waals surface area (Å²) in [6.45, 7) is 0. The van der Waals surface area contributed by atoms with Gasteiger partial charge in [-0.1, -0.05) is 11.6 Å². The topological polar surface area (TPSA) is 54.9 Å². The number of rotatable bonds is 2. The Kier molecular flexibility index (Phi) is 3.88. The third kappa shape index (κ3) is 3.02. The zero-order chi connectivity index (χ0) is 13.1. The zero-order valence-electron chi connectivity index (χ0n) is 8.82. The third-order valence-electron chi connectivity index (χ3n) is 2.05. The van der Waals surface area contributed by atoms with Gasteiger partial charge in [-0.2, -0.15) is 0 Å². The minimum Gasteiger partial charge on any atom is -0.305 e. The SMILES string of the molecule is O=C(Nc1ccc(Cl)nn1)c1ccc(F)cc1Br. The van der Waals surface area contributed by atoms with Crippen molar-refractivity contribution in [3.63, 3.8) is 0 Å². The second-order valence-electron chi connectivity index (χ2n) is 3.32. The largest absolute Gasteiger partial charge is 0.305 e. The molecule has 1 N–H and O–H groups in total. The Morgan fingerprint density at radius 2 is 2.06 bits per heavy atom. The van der Waals surface area contributed by atoms with Crippen molar-refractivity contribution >= 4 is 39.3 Å². The average molecular weight is 331 g/mol. The number of nitrogens with one attached hydrogen (secondary N) is 1. The van der Waals surface area contributed by atoms with Gasteiger partial charge >= 0.3 is 0 Å². The number of carbonyl (C=O) groups is 1. The van der Waals surface area contributed by atoms with Gasteiger partial charge in [-0.3, -0.25) is 4.79 Å². The maximum absolute atomic E-state index is 12.9. The van der Waals surface area contributed by atoms with E-state index in [0.717, 1.165) is 0 Å². The summed E-state index contributed by atoms with van der Waals surface area (Å²) in [7, 11) is 0. The molecule has 0 aliphatic rings. The number of anilines is 1. The fourth-order valence-electron chi connectivity index (χ4n) is 1.24. The molecule has 1 amide bonds. The van der Waals surface area contributed by atoms with Crippen molar-refractivity contribution in [2.24, 2.45) is 0 Å². The first kappa shape index (κ1) is 12.9. The standard InChI is InChI=1S/C11H6BrClFN3O/c12-8-5-6(14)1-2-7(8)11(18)15-10-4-3-9(13)16-17-10/h1-5H,(H,15,17,18). The maximum atomic E-state index is 12.9. The Morgan fingerprint density at radius 1 is 1.28 bits per heavy atom. The van der Waals surface area contributed by atoms with Crippen molar-refractivity contribution in [2.75, 3.05) is 5.32 Å². The van der Waals surface area contributed by atoms with Gasteiger partial charge in [-0.05, 0) is 46.3 Å². The molecular weight excluding hydrogens is 324 g/mol. The summed E-state index contributed by atoms with van der Waals surface area (Å²) < 4.78 is 13.2. The number of benzene rings is 1. The van der Waals surface area contributed by atoms with Crippen LogP contribution < -0.4 is 5.32 Å². The number of nitrogens with zero attached hydrogens (tertiary/aromatic N) is 2. The number of hydrogen-bond acceptors (Lipinski definition) is 3. The van der Waals surface area contributed by atoms with Crippen LogP contribution in [0.3, 0.4) is 0 Å². The minimum absolute atomic E-state index is 0.232. The molecule has 0 atom stereocenters. The van der Waals surface area contributed by atoms with Gasteiger partial charge in [0.05, 0.1) is 5.56 Å². The van der Waals surface area contributed by atoms with Gasteiger partial charge in [0.25, 0.3) is 5.91 Å². The molecular formula is C11H6BrClFN3O. The van der Waals surface area contributed by atoms with Crippen LogP contribution in [0.4, 0.5) is 10.2 Å². The molecule has 0 bridgehead atoms. The van der Waals surface area contributed by atoms with Crippen molar-refractivity contribution in [3.8, 4) is 0 Å². The number of halogens is 3. The van der Waals surface area contributed by atoms with Crippen molar-refractivity contribution in [2.45, 2.75) is 0 Å². The van der Waals surface area contributed by atoms with E-state index < -0.39 is 11.7 Å². The summed E-state index contributed by atoms with van der Waals surface area (Å²) in [5.41, 5.74) is 0.299. The van der Waals surface area contributed by atoms with Crippen LogP contribution in [0.5, 0.6) is 0 Å². The van der Waals surface area contributed by atoms with Crippen molar-refractivity contribution in [1.82, 2.24) is 10.2 Å². The third-order valence-corrected chi connectivity index (χ3v) is 2.91. The van der Waals surface area contributed by atoms with E-state index in [1.807, 2.05) is 0 Å². The Labute approximate surface area is 115 Å². The van der Waals surface area contributed by atoms with Crippen LogP contribution in [0, 0.1) is 5.82 Å². The van der Waals surface area contributed by atoms with Crippen LogP contribution >= 0.6 is 27.5 Å². The number of carbonyl (C=O) groups excluding carboxylic acids is 1. The van der Waals surface area contributed by atoms with E-state index in [9.17, 15) is 9.18 Å². The van der Waals surface area contributed by atoms with E-state index in [1.165, 1.54) is 30.3 Å². The van der Waals surface area contributed by atoms with Gasteiger partial charge in [0.1, 0.15) is 5.82 Å². The number of amides is 1. The molecule has 0 fully saturated rings. The minimum atomic E-state index is -0.426. The fraction of sp³-hybridized carbons (Fsp3) is 0. The first-order chi connectivity index (χ1) is 8.56. The predicted molar refractivity (Wildman–Crippen MR) is 69.1 cm³/mol. The highest BCUT2D eigenvalue weighted by Gasteiger charge is 2.11. The van der Waals surface area contributed by atoms with Crippen molar-refractivity contribution in [3.05, 3.63) is 51.3 Å². The first-order valence-corrected chi connectivity index (χ1v) is 5.99. The van der Waals surface area contributed by atoms with Crippen LogP contribution in [0.1, 0.15) is 10.4 Å². The van der Waals surface area contributed by atoms with Gasteiger partial charge in [0, 0.05) is 4.47 Å². The highest BCUT2D eigenvalue weighted by atomic mass is 79.9. The molecule has 0 unspecified atom stereocenters. The molecule has 2 aromatic rings. The van der Waals surface area contributed by atoms with Crippen LogP contribution in [0.15, 0.2) is 34.8 Å². The molecule has 1 heterocycles. The van der Waals surface area contributed by atoms with Crippen LogP contribution in [0.2, 0.25) is 5.15 Å². The molecule has 2 rings (SSSR count). The molecule has 1 aromatic heterocycles. The first-order valence-electron chi connectivity index (χ1n) is 4.82. The van der Waals surface area contributed by atoms with E-state index >= 15 is 0 Å². The second-order valence-corrected chi connectivity index (χ2v) is 4.56. The van der Waals surface area contributed by atoms with Crippen molar-refractivity contribution < 1.29 is 9.18 Å². The maximum Gasteiger partial charge on any atom is 0.258 e. The highest BCUT2D eigenvalue weighted by Crippen LogP contribution is 2.19. The van der Waals surface area contributed by atoms with Crippen molar-refractivity contribution in [1.29, 1.82) is 0 Å². The van der Waals surface area contributed by atoms with E-state index in [2.05, 4.69) is 31.4 Å². The summed E-state index contributed by atoms with van der Waals surface area (Å²) in [6, 6.07) is 6.81. The van der Waals surface area contributed by atoms with Crippen LogP contribution in [0.25, 0.3) is 0 Å². The van der Waals surface area contributed by atoms with Gasteiger partial charge in [0.2, 0.25) is 0 Å². The van der Waals surface area contributed by atoms with Gasteiger partial charge in [-0.15, -0.1) is 10.2 Å². The smallest absolute Gasteiger partial charge is 0.258 e. The molecule has 1 aromatic carbocycles. The molecule has 18 heavy (non-hydrogen) atoms. The lowest BCUT2D eigenvalue weighted by atomic mass is 10.2. The highest BCUT2D eigenvalue weighted by molar-refractivity contribution is 9.10. The van der Waals surface area contributed by atoms with Crippen LogP contribution in [-0.4, -0.2) is 16.1 Å². The lowest BCUT2D eigenvalue weighted by Crippen LogP contribution is -2.14. The summed E-state index contributed by atoms with van der Waals surface area (Å²) in [4.78, 5) is 11.9. The summed E-state index contributed by atoms with van der Waals surface area (Å²) in [5, 5.41) is 10.0. The van der Waals surface area contributed by atoms with Gasteiger partial charge in [0.15, 0.2) is 11.0 Å². The summed E-state index contributed by atoms with van der Waals surface area (Å²) in [6.07, 6.45) is 0. The van der Waals surface area contributed by atoms with Gasteiger partial charge in [-0.25, -0.2) is 4.39 Å². The molecule has 0 radical (unpaired) electrons. The Hall–Kier alpha value is -1.53. The van der Waals surface area contributed by atoms with E-state index in [4.69, 9.17) is 11.6 Å². The molecule has 7 heteroatoms. The molecule has 4 nitrogen and oxygen atoms in total. The monoisotopic (exact) mass is 329 g/mol. The Balaban J connectivity index is 2.19. The average Bonchev–Trinajstić information content (AvgIpc) is 2.32. The fourth-order valence-corrected chi connectivity index (χ4v) is 1.87. The quantitative estimate of drug-likeness (QED) is 0.919. The Bertz CT molecular complexity index is 591. The predicted octanol–water partition coefficient (Wildman–Crippen LogP) is 3.28. The molecule has 92 valence electrons. The van der Waals surface area contributed by atoms with Gasteiger partial charge < -0.3 is 5.32 Å². The summed E-state index contributed by atoms with van der Waals surface area (Å²) >= 11 is 8.69. The number of aromatic nitrogens is 2. The normalized spacial score (nSPS) is 10.2. The molecule has 0 spiro atoms. The molecule has 0 aliphatic carbocycles. The molecule has 0 aliphatic heterocycles. The van der Waals surface area contributed by atoms with E-state index in [1.54, 1.807) is 0 Å². The Morgan fingerprint density at radius 3 is 2.67 bits per heavy atom. The molecule has 0 saturated carbocycles. The number of hydrogen-bond donors (Lipinski definition) is 1. The second kappa shape index (κ2) is 5.41. The molecule has 0 saturated heterocycles.